The third kappa shape index (κ3) is 7.11. The van der Waals surface area contributed by atoms with Crippen LogP contribution in [0.3, 0.4) is 0 Å². The van der Waals surface area contributed by atoms with Crippen LogP contribution in [0, 0.1) is 6.92 Å². The summed E-state index contributed by atoms with van der Waals surface area (Å²) >= 11 is 0. The summed E-state index contributed by atoms with van der Waals surface area (Å²) in [6.07, 6.45) is 0.922. The molecule has 0 atom stereocenters. The number of carbonyl (C=O) groups excluding carboxylic acids is 1. The SMILES string of the molecule is CCCNC(=O)COc1ccc(C)cc1CNCCOC. The van der Waals surface area contributed by atoms with Crippen LogP contribution in [0.2, 0.25) is 0 Å². The Morgan fingerprint density at radius 3 is 2.81 bits per heavy atom. The van der Waals surface area contributed by atoms with E-state index in [1.54, 1.807) is 7.11 Å². The fraction of sp³-hybridized carbons (Fsp3) is 0.562. The van der Waals surface area contributed by atoms with Crippen molar-refractivity contribution in [2.24, 2.45) is 0 Å². The van der Waals surface area contributed by atoms with E-state index < -0.39 is 0 Å². The number of benzene rings is 1. The van der Waals surface area contributed by atoms with Crippen LogP contribution >= 0.6 is 0 Å². The molecule has 0 bridgehead atoms. The van der Waals surface area contributed by atoms with Crippen molar-refractivity contribution in [3.63, 3.8) is 0 Å². The third-order valence-electron chi connectivity index (χ3n) is 2.95. The molecule has 2 N–H and O–H groups in total. The molecule has 0 aromatic heterocycles. The monoisotopic (exact) mass is 294 g/mol. The summed E-state index contributed by atoms with van der Waals surface area (Å²) in [5.74, 6) is 0.660. The average Bonchev–Trinajstić information content (AvgIpc) is 2.48. The summed E-state index contributed by atoms with van der Waals surface area (Å²) in [6.45, 7) is 6.93. The summed E-state index contributed by atoms with van der Waals surface area (Å²) in [7, 11) is 1.68. The molecule has 0 aliphatic carbocycles. The van der Waals surface area contributed by atoms with Gasteiger partial charge < -0.3 is 20.1 Å². The number of methoxy groups -OCH3 is 1. The van der Waals surface area contributed by atoms with Crippen LogP contribution in [0.25, 0.3) is 0 Å². The predicted molar refractivity (Wildman–Crippen MR) is 83.6 cm³/mol. The van der Waals surface area contributed by atoms with Gasteiger partial charge in [0.1, 0.15) is 5.75 Å². The lowest BCUT2D eigenvalue weighted by Crippen LogP contribution is -2.29. The first kappa shape index (κ1) is 17.5. The molecule has 0 aliphatic heterocycles. The molecule has 1 amide bonds. The van der Waals surface area contributed by atoms with Crippen LogP contribution in [0.1, 0.15) is 24.5 Å². The van der Waals surface area contributed by atoms with E-state index in [4.69, 9.17) is 9.47 Å². The molecule has 0 unspecified atom stereocenters. The van der Waals surface area contributed by atoms with Gasteiger partial charge in [-0.25, -0.2) is 0 Å². The molecule has 0 spiro atoms. The van der Waals surface area contributed by atoms with Gasteiger partial charge in [0.15, 0.2) is 6.61 Å². The van der Waals surface area contributed by atoms with Gasteiger partial charge in [-0.2, -0.15) is 0 Å². The molecular weight excluding hydrogens is 268 g/mol. The fourth-order valence-corrected chi connectivity index (χ4v) is 1.84. The van der Waals surface area contributed by atoms with Gasteiger partial charge in [0.2, 0.25) is 0 Å². The van der Waals surface area contributed by atoms with Gasteiger partial charge in [0, 0.05) is 32.3 Å². The maximum Gasteiger partial charge on any atom is 0.257 e. The first-order chi connectivity index (χ1) is 10.2. The molecule has 0 aliphatic rings. The highest BCUT2D eigenvalue weighted by Crippen LogP contribution is 2.19. The molecule has 0 saturated carbocycles. The highest BCUT2D eigenvalue weighted by molar-refractivity contribution is 5.77. The highest BCUT2D eigenvalue weighted by atomic mass is 16.5. The zero-order valence-electron chi connectivity index (χ0n) is 13.2. The van der Waals surface area contributed by atoms with Crippen molar-refractivity contribution in [1.82, 2.24) is 10.6 Å². The standard InChI is InChI=1S/C16H26N2O3/c1-4-7-18-16(19)12-21-15-6-5-13(2)10-14(15)11-17-8-9-20-3/h5-6,10,17H,4,7-9,11-12H2,1-3H3,(H,18,19). The molecule has 0 heterocycles. The summed E-state index contributed by atoms with van der Waals surface area (Å²) in [6, 6.07) is 5.97. The minimum absolute atomic E-state index is 0.0497. The Labute approximate surface area is 127 Å². The number of amides is 1. The Bertz CT molecular complexity index is 436. The van der Waals surface area contributed by atoms with Gasteiger partial charge in [0.25, 0.3) is 5.91 Å². The van der Waals surface area contributed by atoms with Crippen LogP contribution in [-0.4, -0.2) is 39.3 Å². The third-order valence-corrected chi connectivity index (χ3v) is 2.95. The van der Waals surface area contributed by atoms with E-state index in [9.17, 15) is 4.79 Å². The minimum atomic E-state index is -0.0873. The molecule has 5 heteroatoms. The lowest BCUT2D eigenvalue weighted by Gasteiger charge is -2.13. The maximum absolute atomic E-state index is 11.6. The highest BCUT2D eigenvalue weighted by Gasteiger charge is 2.07. The number of hydrogen-bond acceptors (Lipinski definition) is 4. The Morgan fingerprint density at radius 2 is 2.10 bits per heavy atom. The average molecular weight is 294 g/mol. The molecular formula is C16H26N2O3. The van der Waals surface area contributed by atoms with Gasteiger partial charge in [0.05, 0.1) is 6.61 Å². The normalized spacial score (nSPS) is 10.4. The molecule has 1 aromatic rings. The van der Waals surface area contributed by atoms with E-state index >= 15 is 0 Å². The van der Waals surface area contributed by atoms with E-state index in [0.29, 0.717) is 19.7 Å². The number of hydrogen-bond donors (Lipinski definition) is 2. The zero-order valence-corrected chi connectivity index (χ0v) is 13.2. The van der Waals surface area contributed by atoms with Gasteiger partial charge in [-0.15, -0.1) is 0 Å². The lowest BCUT2D eigenvalue weighted by atomic mass is 10.1. The van der Waals surface area contributed by atoms with Crippen molar-refractivity contribution in [1.29, 1.82) is 0 Å². The molecule has 5 nitrogen and oxygen atoms in total. The largest absolute Gasteiger partial charge is 0.483 e. The number of rotatable bonds is 10. The lowest BCUT2D eigenvalue weighted by molar-refractivity contribution is -0.123. The summed E-state index contributed by atoms with van der Waals surface area (Å²) in [5.41, 5.74) is 2.22. The van der Waals surface area contributed by atoms with Crippen molar-refractivity contribution in [3.05, 3.63) is 29.3 Å². The van der Waals surface area contributed by atoms with Crippen molar-refractivity contribution >= 4 is 5.91 Å². The molecule has 0 radical (unpaired) electrons. The second kappa shape index (κ2) is 10.2. The maximum atomic E-state index is 11.6. The van der Waals surface area contributed by atoms with Gasteiger partial charge in [-0.05, 0) is 19.4 Å². The number of ether oxygens (including phenoxy) is 2. The smallest absolute Gasteiger partial charge is 0.257 e. The van der Waals surface area contributed by atoms with Crippen molar-refractivity contribution < 1.29 is 14.3 Å². The molecule has 21 heavy (non-hydrogen) atoms. The van der Waals surface area contributed by atoms with Crippen molar-refractivity contribution in [3.8, 4) is 5.75 Å². The molecule has 1 aromatic carbocycles. The summed E-state index contributed by atoms with van der Waals surface area (Å²) in [5, 5.41) is 6.08. The van der Waals surface area contributed by atoms with Crippen LogP contribution in [0.5, 0.6) is 5.75 Å². The number of aryl methyl sites for hydroxylation is 1. The quantitative estimate of drug-likeness (QED) is 0.644. The van der Waals surface area contributed by atoms with Gasteiger partial charge in [-0.3, -0.25) is 4.79 Å². The van der Waals surface area contributed by atoms with E-state index in [2.05, 4.69) is 16.7 Å². The van der Waals surface area contributed by atoms with E-state index in [0.717, 1.165) is 24.3 Å². The second-order valence-electron chi connectivity index (χ2n) is 4.92. The van der Waals surface area contributed by atoms with E-state index in [1.165, 1.54) is 5.56 Å². The number of carbonyl (C=O) groups is 1. The van der Waals surface area contributed by atoms with Crippen molar-refractivity contribution in [2.45, 2.75) is 26.8 Å². The molecule has 1 rings (SSSR count). The molecule has 0 fully saturated rings. The Kier molecular flexibility index (Phi) is 8.47. The van der Waals surface area contributed by atoms with Gasteiger partial charge >= 0.3 is 0 Å². The molecule has 0 saturated heterocycles. The van der Waals surface area contributed by atoms with Crippen LogP contribution in [-0.2, 0) is 16.1 Å². The van der Waals surface area contributed by atoms with Crippen LogP contribution in [0.15, 0.2) is 18.2 Å². The first-order valence-electron chi connectivity index (χ1n) is 7.36. The Morgan fingerprint density at radius 1 is 1.29 bits per heavy atom. The van der Waals surface area contributed by atoms with E-state index in [-0.39, 0.29) is 12.5 Å². The van der Waals surface area contributed by atoms with Crippen LogP contribution < -0.4 is 15.4 Å². The fourth-order valence-electron chi connectivity index (χ4n) is 1.84. The summed E-state index contributed by atoms with van der Waals surface area (Å²) in [4.78, 5) is 11.6. The topological polar surface area (TPSA) is 59.6 Å². The predicted octanol–water partition coefficient (Wildman–Crippen LogP) is 1.64. The molecule has 118 valence electrons. The van der Waals surface area contributed by atoms with Crippen molar-refractivity contribution in [2.75, 3.05) is 33.4 Å². The summed E-state index contributed by atoms with van der Waals surface area (Å²) < 4.78 is 10.6. The number of nitrogens with one attached hydrogen (secondary N) is 2. The van der Waals surface area contributed by atoms with Gasteiger partial charge in [-0.1, -0.05) is 24.6 Å². The minimum Gasteiger partial charge on any atom is -0.483 e. The van der Waals surface area contributed by atoms with E-state index in [1.807, 2.05) is 26.0 Å². The van der Waals surface area contributed by atoms with Crippen LogP contribution in [0.4, 0.5) is 0 Å². The first-order valence-corrected chi connectivity index (χ1v) is 7.36. The Hall–Kier alpha value is -1.59. The Balaban J connectivity index is 2.53. The zero-order chi connectivity index (χ0) is 15.5. The second-order valence-corrected chi connectivity index (χ2v) is 4.92.